The second-order valence-corrected chi connectivity index (χ2v) is 4.24. The summed E-state index contributed by atoms with van der Waals surface area (Å²) in [6.07, 6.45) is 3.94. The largest absolute Gasteiger partial charge is 0.461 e. The summed E-state index contributed by atoms with van der Waals surface area (Å²) in [6.45, 7) is 0. The van der Waals surface area contributed by atoms with E-state index in [1.165, 1.54) is 0 Å². The van der Waals surface area contributed by atoms with Crippen molar-refractivity contribution in [2.75, 3.05) is 12.9 Å². The van der Waals surface area contributed by atoms with Crippen molar-refractivity contribution in [1.29, 1.82) is 0 Å². The quantitative estimate of drug-likeness (QED) is 0.555. The van der Waals surface area contributed by atoms with Gasteiger partial charge in [0.1, 0.15) is 12.1 Å². The average Bonchev–Trinajstić information content (AvgIpc) is 2.28. The minimum absolute atomic E-state index is 0.0397. The van der Waals surface area contributed by atoms with Gasteiger partial charge in [-0.1, -0.05) is 0 Å². The van der Waals surface area contributed by atoms with E-state index in [9.17, 15) is 4.79 Å². The molecule has 0 aromatic rings. The summed E-state index contributed by atoms with van der Waals surface area (Å²) in [6, 6.07) is -0.615. The first-order chi connectivity index (χ1) is 7.17. The summed E-state index contributed by atoms with van der Waals surface area (Å²) in [4.78, 5) is 11.4. The molecule has 0 amide bonds. The third-order valence-electron chi connectivity index (χ3n) is 2.69. The van der Waals surface area contributed by atoms with Crippen molar-refractivity contribution in [2.24, 2.45) is 5.73 Å². The molecule has 2 unspecified atom stereocenters. The number of ether oxygens (including phenoxy) is 2. The maximum absolute atomic E-state index is 11.4. The molecule has 0 spiro atoms. The van der Waals surface area contributed by atoms with Crippen molar-refractivity contribution in [2.45, 2.75) is 43.9 Å². The van der Waals surface area contributed by atoms with Crippen molar-refractivity contribution in [3.05, 3.63) is 0 Å². The van der Waals surface area contributed by atoms with Crippen LogP contribution in [0.15, 0.2) is 0 Å². The molecule has 0 aromatic heterocycles. The molecule has 0 radical (unpaired) electrons. The molecule has 0 aliphatic heterocycles. The molecule has 3 atom stereocenters. The van der Waals surface area contributed by atoms with E-state index in [4.69, 9.17) is 15.2 Å². The molecular weight excluding hydrogens is 214 g/mol. The second kappa shape index (κ2) is 6.35. The fourth-order valence-electron chi connectivity index (χ4n) is 1.75. The van der Waals surface area contributed by atoms with Gasteiger partial charge in [-0.2, -0.15) is 12.6 Å². The minimum Gasteiger partial charge on any atom is -0.461 e. The highest BCUT2D eigenvalue weighted by Gasteiger charge is 2.26. The zero-order valence-corrected chi connectivity index (χ0v) is 9.91. The van der Waals surface area contributed by atoms with Crippen LogP contribution in [-0.2, 0) is 14.3 Å². The fourth-order valence-corrected chi connectivity index (χ4v) is 1.90. The lowest BCUT2D eigenvalue weighted by molar-refractivity contribution is -0.153. The Kier molecular flexibility index (Phi) is 5.42. The van der Waals surface area contributed by atoms with Crippen LogP contribution in [0, 0.1) is 0 Å². The zero-order chi connectivity index (χ0) is 11.3. The van der Waals surface area contributed by atoms with E-state index in [2.05, 4.69) is 12.6 Å². The van der Waals surface area contributed by atoms with Gasteiger partial charge in [0, 0.05) is 19.3 Å². The van der Waals surface area contributed by atoms with Crippen LogP contribution in [0.5, 0.6) is 0 Å². The highest BCUT2D eigenvalue weighted by molar-refractivity contribution is 7.80. The number of hydrogen-bond acceptors (Lipinski definition) is 5. The normalized spacial score (nSPS) is 28.5. The fraction of sp³-hybridized carbons (Fsp3) is 0.900. The van der Waals surface area contributed by atoms with Gasteiger partial charge in [-0.3, -0.25) is 4.79 Å². The lowest BCUT2D eigenvalue weighted by Crippen LogP contribution is -2.38. The van der Waals surface area contributed by atoms with E-state index in [1.54, 1.807) is 7.11 Å². The molecular formula is C10H19NO3S. The molecule has 1 aliphatic carbocycles. The van der Waals surface area contributed by atoms with Crippen molar-refractivity contribution in [3.8, 4) is 0 Å². The third kappa shape index (κ3) is 4.01. The first-order valence-electron chi connectivity index (χ1n) is 5.27. The van der Waals surface area contributed by atoms with Crippen molar-refractivity contribution in [3.63, 3.8) is 0 Å². The predicted molar refractivity (Wildman–Crippen MR) is 61.0 cm³/mol. The smallest absolute Gasteiger partial charge is 0.324 e. The van der Waals surface area contributed by atoms with Crippen LogP contribution >= 0.6 is 12.6 Å². The minimum atomic E-state index is -0.615. The standard InChI is InChI=1S/C10H19NO3S/c1-13-7-3-2-4-8(5-7)14-10(12)9(11)6-15/h7-9,15H,2-6,11H2,1H3/t7?,8?,9-/m0/s1. The van der Waals surface area contributed by atoms with Crippen LogP contribution in [-0.4, -0.2) is 37.1 Å². The summed E-state index contributed by atoms with van der Waals surface area (Å²) < 4.78 is 10.5. The molecule has 1 fully saturated rings. The van der Waals surface area contributed by atoms with Crippen molar-refractivity contribution < 1.29 is 14.3 Å². The number of methoxy groups -OCH3 is 1. The van der Waals surface area contributed by atoms with E-state index < -0.39 is 6.04 Å². The third-order valence-corrected chi connectivity index (χ3v) is 3.09. The van der Waals surface area contributed by atoms with Crippen LogP contribution < -0.4 is 5.73 Å². The summed E-state index contributed by atoms with van der Waals surface area (Å²) >= 11 is 3.96. The van der Waals surface area contributed by atoms with Crippen molar-refractivity contribution >= 4 is 18.6 Å². The Morgan fingerprint density at radius 2 is 2.20 bits per heavy atom. The van der Waals surface area contributed by atoms with E-state index in [0.29, 0.717) is 5.75 Å². The Labute approximate surface area is 95.9 Å². The Morgan fingerprint density at radius 1 is 1.53 bits per heavy atom. The topological polar surface area (TPSA) is 61.5 Å². The Bertz CT molecular complexity index is 213. The number of nitrogens with two attached hydrogens (primary N) is 1. The predicted octanol–water partition coefficient (Wildman–Crippen LogP) is 0.744. The number of rotatable bonds is 4. The number of carbonyl (C=O) groups excluding carboxylic acids is 1. The van der Waals surface area contributed by atoms with Crippen LogP contribution in [0.3, 0.4) is 0 Å². The van der Waals surface area contributed by atoms with Crippen molar-refractivity contribution in [1.82, 2.24) is 0 Å². The average molecular weight is 233 g/mol. The molecule has 5 heteroatoms. The van der Waals surface area contributed by atoms with Gasteiger partial charge in [0.2, 0.25) is 0 Å². The molecule has 0 aromatic carbocycles. The first-order valence-corrected chi connectivity index (χ1v) is 5.90. The van der Waals surface area contributed by atoms with E-state index in [-0.39, 0.29) is 18.2 Å². The molecule has 15 heavy (non-hydrogen) atoms. The second-order valence-electron chi connectivity index (χ2n) is 3.87. The molecule has 2 N–H and O–H groups in total. The van der Waals surface area contributed by atoms with Gasteiger partial charge in [0.15, 0.2) is 0 Å². The lowest BCUT2D eigenvalue weighted by atomic mass is 9.95. The van der Waals surface area contributed by atoms with E-state index in [1.807, 2.05) is 0 Å². The van der Waals surface area contributed by atoms with Gasteiger partial charge in [-0.15, -0.1) is 0 Å². The number of esters is 1. The van der Waals surface area contributed by atoms with Gasteiger partial charge < -0.3 is 15.2 Å². The summed E-state index contributed by atoms with van der Waals surface area (Å²) in [7, 11) is 1.69. The van der Waals surface area contributed by atoms with Gasteiger partial charge in [0.05, 0.1) is 6.10 Å². The number of thiol groups is 1. The number of carbonyl (C=O) groups is 1. The molecule has 0 saturated heterocycles. The molecule has 1 aliphatic rings. The summed E-state index contributed by atoms with van der Waals surface area (Å²) in [5.41, 5.74) is 5.52. The molecule has 0 bridgehead atoms. The van der Waals surface area contributed by atoms with Crippen LogP contribution in [0.4, 0.5) is 0 Å². The maximum Gasteiger partial charge on any atom is 0.324 e. The van der Waals surface area contributed by atoms with Crippen LogP contribution in [0.25, 0.3) is 0 Å². The first kappa shape index (κ1) is 12.8. The van der Waals surface area contributed by atoms with Crippen LogP contribution in [0.1, 0.15) is 25.7 Å². The highest BCUT2D eigenvalue weighted by Crippen LogP contribution is 2.23. The summed E-state index contributed by atoms with van der Waals surface area (Å²) in [5, 5.41) is 0. The SMILES string of the molecule is COC1CCCC(OC(=O)[C@@H](N)CS)C1. The van der Waals surface area contributed by atoms with E-state index in [0.717, 1.165) is 25.7 Å². The maximum atomic E-state index is 11.4. The van der Waals surface area contributed by atoms with Crippen LogP contribution in [0.2, 0.25) is 0 Å². The van der Waals surface area contributed by atoms with Gasteiger partial charge in [-0.25, -0.2) is 0 Å². The van der Waals surface area contributed by atoms with Gasteiger partial charge in [0.25, 0.3) is 0 Å². The molecule has 1 rings (SSSR count). The van der Waals surface area contributed by atoms with Gasteiger partial charge >= 0.3 is 5.97 Å². The Balaban J connectivity index is 2.34. The summed E-state index contributed by atoms with van der Waals surface area (Å²) in [5.74, 6) is -0.0361. The highest BCUT2D eigenvalue weighted by atomic mass is 32.1. The molecule has 88 valence electrons. The lowest BCUT2D eigenvalue weighted by Gasteiger charge is -2.28. The Hall–Kier alpha value is -0.260. The molecule has 1 saturated carbocycles. The number of hydrogen-bond donors (Lipinski definition) is 2. The Morgan fingerprint density at radius 3 is 2.80 bits per heavy atom. The molecule has 0 heterocycles. The molecule has 4 nitrogen and oxygen atoms in total. The van der Waals surface area contributed by atoms with E-state index >= 15 is 0 Å². The zero-order valence-electron chi connectivity index (χ0n) is 9.02. The monoisotopic (exact) mass is 233 g/mol. The van der Waals surface area contributed by atoms with Gasteiger partial charge in [-0.05, 0) is 19.3 Å².